The van der Waals surface area contributed by atoms with Crippen molar-refractivity contribution in [2.45, 2.75) is 31.1 Å². The number of fused-ring (bicyclic) bond motifs is 4. The van der Waals surface area contributed by atoms with Crippen LogP contribution in [0.4, 0.5) is 0 Å². The minimum atomic E-state index is -3.69. The van der Waals surface area contributed by atoms with Gasteiger partial charge in [0.05, 0.1) is 4.90 Å². The largest absolute Gasteiger partial charge is 0.486 e. The van der Waals surface area contributed by atoms with Crippen molar-refractivity contribution in [3.05, 3.63) is 53.2 Å². The summed E-state index contributed by atoms with van der Waals surface area (Å²) in [5.74, 6) is 1.59. The first kappa shape index (κ1) is 22.4. The molecule has 9 heteroatoms. The number of nitrogens with zero attached hydrogens (tertiary/aromatic N) is 2. The minimum absolute atomic E-state index is 0.0536. The first-order valence-electron chi connectivity index (χ1n) is 12.2. The van der Waals surface area contributed by atoms with Gasteiger partial charge in [0.2, 0.25) is 10.0 Å². The molecule has 1 N–H and O–H groups in total. The Bertz CT molecular complexity index is 1410. The number of rotatable bonds is 3. The molecule has 1 saturated heterocycles. The molecular formula is C26H29N3O5S. The number of carbonyl (C=O) groups is 1. The highest BCUT2D eigenvalue weighted by Gasteiger charge is 2.32. The van der Waals surface area contributed by atoms with Gasteiger partial charge in [-0.3, -0.25) is 4.79 Å². The first-order chi connectivity index (χ1) is 16.9. The van der Waals surface area contributed by atoms with E-state index in [2.05, 4.69) is 11.9 Å². The highest BCUT2D eigenvalue weighted by Crippen LogP contribution is 2.34. The van der Waals surface area contributed by atoms with Crippen LogP contribution in [0.3, 0.4) is 0 Å². The predicted octanol–water partition coefficient (Wildman–Crippen LogP) is 3.21. The fraction of sp³-hybridized carbons (Fsp3) is 0.423. The van der Waals surface area contributed by atoms with E-state index < -0.39 is 10.0 Å². The van der Waals surface area contributed by atoms with Gasteiger partial charge in [0.15, 0.2) is 11.5 Å². The molecule has 3 aromatic rings. The maximum atomic E-state index is 13.3. The average Bonchev–Trinajstić information content (AvgIpc) is 3.25. The standard InChI is InChI=1S/C26H29N3O5S/c1-17-2-5-22-20(14-17)21-15-18(3-6-23(21)27-22)26(30)28-8-10-29(11-9-28)35(31,32)19-4-7-24-25(16-19)34-13-12-33-24/h3-4,6-7,15-17,27H,2,5,8-14H2,1H3/t17-/m1/s1. The lowest BCUT2D eigenvalue weighted by Crippen LogP contribution is -2.50. The summed E-state index contributed by atoms with van der Waals surface area (Å²) < 4.78 is 38.9. The maximum Gasteiger partial charge on any atom is 0.253 e. The van der Waals surface area contributed by atoms with E-state index in [1.807, 2.05) is 18.2 Å². The molecule has 1 aliphatic carbocycles. The van der Waals surface area contributed by atoms with Crippen molar-refractivity contribution < 1.29 is 22.7 Å². The van der Waals surface area contributed by atoms with Gasteiger partial charge in [-0.05, 0) is 61.1 Å². The Balaban J connectivity index is 1.17. The number of hydrogen-bond acceptors (Lipinski definition) is 5. The van der Waals surface area contributed by atoms with Crippen LogP contribution in [0.15, 0.2) is 41.3 Å². The van der Waals surface area contributed by atoms with Crippen molar-refractivity contribution in [3.8, 4) is 11.5 Å². The van der Waals surface area contributed by atoms with Crippen LogP contribution in [0, 0.1) is 5.92 Å². The van der Waals surface area contributed by atoms with Gasteiger partial charge in [0.25, 0.3) is 5.91 Å². The lowest BCUT2D eigenvalue weighted by atomic mass is 9.87. The monoisotopic (exact) mass is 495 g/mol. The lowest BCUT2D eigenvalue weighted by molar-refractivity contribution is 0.0698. The second kappa shape index (κ2) is 8.57. The van der Waals surface area contributed by atoms with E-state index >= 15 is 0 Å². The molecular weight excluding hydrogens is 466 g/mol. The number of nitrogens with one attached hydrogen (secondary N) is 1. The van der Waals surface area contributed by atoms with Crippen LogP contribution in [-0.4, -0.2) is 67.9 Å². The zero-order valence-electron chi connectivity index (χ0n) is 19.7. The van der Waals surface area contributed by atoms with Gasteiger partial charge in [0, 0.05) is 54.4 Å². The topological polar surface area (TPSA) is 91.9 Å². The van der Waals surface area contributed by atoms with E-state index in [0.717, 1.165) is 23.7 Å². The normalized spacial score (nSPS) is 20.6. The second-order valence-corrected chi connectivity index (χ2v) is 11.6. The lowest BCUT2D eigenvalue weighted by Gasteiger charge is -2.34. The zero-order chi connectivity index (χ0) is 24.2. The highest BCUT2D eigenvalue weighted by atomic mass is 32.2. The number of hydrogen-bond donors (Lipinski definition) is 1. The summed E-state index contributed by atoms with van der Waals surface area (Å²) in [5.41, 5.74) is 4.36. The Morgan fingerprint density at radius 2 is 1.77 bits per heavy atom. The van der Waals surface area contributed by atoms with Crippen LogP contribution in [0.2, 0.25) is 0 Å². The van der Waals surface area contributed by atoms with Crippen molar-refractivity contribution in [1.82, 2.24) is 14.2 Å². The Morgan fingerprint density at radius 3 is 2.57 bits per heavy atom. The number of aromatic nitrogens is 1. The third kappa shape index (κ3) is 3.96. The zero-order valence-corrected chi connectivity index (χ0v) is 20.6. The molecule has 1 amide bonds. The first-order valence-corrected chi connectivity index (χ1v) is 13.7. The van der Waals surface area contributed by atoms with Gasteiger partial charge < -0.3 is 19.4 Å². The number of H-pyrrole nitrogens is 1. The van der Waals surface area contributed by atoms with E-state index in [-0.39, 0.29) is 23.9 Å². The number of carbonyl (C=O) groups excluding carboxylic acids is 1. The SMILES string of the molecule is C[C@@H]1CCc2[nH]c3ccc(C(=O)N4CCN(S(=O)(=O)c5ccc6c(c5)OCCO6)CC4)cc3c2C1. The van der Waals surface area contributed by atoms with Crippen LogP contribution in [0.25, 0.3) is 10.9 Å². The van der Waals surface area contributed by atoms with Crippen LogP contribution < -0.4 is 9.47 Å². The highest BCUT2D eigenvalue weighted by molar-refractivity contribution is 7.89. The molecule has 2 aromatic carbocycles. The van der Waals surface area contributed by atoms with E-state index in [0.29, 0.717) is 49.3 Å². The fourth-order valence-corrected chi connectivity index (χ4v) is 6.81. The molecule has 0 saturated carbocycles. The van der Waals surface area contributed by atoms with Crippen LogP contribution in [0.1, 0.15) is 35.0 Å². The molecule has 8 nitrogen and oxygen atoms in total. The smallest absolute Gasteiger partial charge is 0.253 e. The van der Waals surface area contributed by atoms with Crippen LogP contribution in [-0.2, 0) is 22.9 Å². The van der Waals surface area contributed by atoms with E-state index in [1.54, 1.807) is 17.0 Å². The maximum absolute atomic E-state index is 13.3. The van der Waals surface area contributed by atoms with Crippen LogP contribution >= 0.6 is 0 Å². The number of amides is 1. The van der Waals surface area contributed by atoms with Gasteiger partial charge in [-0.2, -0.15) is 4.31 Å². The number of benzene rings is 2. The fourth-order valence-electron chi connectivity index (χ4n) is 5.37. The molecule has 0 bridgehead atoms. The summed E-state index contributed by atoms with van der Waals surface area (Å²) in [6.45, 7) is 4.33. The number of aromatic amines is 1. The van der Waals surface area contributed by atoms with E-state index in [4.69, 9.17) is 9.47 Å². The summed E-state index contributed by atoms with van der Waals surface area (Å²) in [6.07, 6.45) is 3.27. The van der Waals surface area contributed by atoms with Crippen molar-refractivity contribution in [3.63, 3.8) is 0 Å². The number of aryl methyl sites for hydroxylation is 1. The molecule has 1 atom stereocenters. The Kier molecular flexibility index (Phi) is 5.49. The van der Waals surface area contributed by atoms with Crippen molar-refractivity contribution >= 4 is 26.8 Å². The van der Waals surface area contributed by atoms with Gasteiger partial charge in [0.1, 0.15) is 13.2 Å². The minimum Gasteiger partial charge on any atom is -0.486 e. The molecule has 0 radical (unpaired) electrons. The molecule has 2 aliphatic heterocycles. The molecule has 6 rings (SSSR count). The second-order valence-electron chi connectivity index (χ2n) is 9.69. The van der Waals surface area contributed by atoms with Gasteiger partial charge in [-0.25, -0.2) is 8.42 Å². The summed E-state index contributed by atoms with van der Waals surface area (Å²) >= 11 is 0. The third-order valence-electron chi connectivity index (χ3n) is 7.36. The van der Waals surface area contributed by atoms with Crippen LogP contribution in [0.5, 0.6) is 11.5 Å². The van der Waals surface area contributed by atoms with Gasteiger partial charge >= 0.3 is 0 Å². The molecule has 35 heavy (non-hydrogen) atoms. The Morgan fingerprint density at radius 1 is 1.00 bits per heavy atom. The molecule has 184 valence electrons. The van der Waals surface area contributed by atoms with Crippen molar-refractivity contribution in [2.75, 3.05) is 39.4 Å². The summed E-state index contributed by atoms with van der Waals surface area (Å²) in [6, 6.07) is 10.6. The average molecular weight is 496 g/mol. The molecule has 0 unspecified atom stereocenters. The third-order valence-corrected chi connectivity index (χ3v) is 9.25. The molecule has 1 fully saturated rings. The molecule has 3 heterocycles. The molecule has 0 spiro atoms. The number of piperazine rings is 1. The summed E-state index contributed by atoms with van der Waals surface area (Å²) in [5, 5.41) is 1.14. The predicted molar refractivity (Wildman–Crippen MR) is 132 cm³/mol. The van der Waals surface area contributed by atoms with Crippen molar-refractivity contribution in [1.29, 1.82) is 0 Å². The number of ether oxygens (including phenoxy) is 2. The summed E-state index contributed by atoms with van der Waals surface area (Å²) in [7, 11) is -3.69. The van der Waals surface area contributed by atoms with E-state index in [1.165, 1.54) is 28.0 Å². The number of sulfonamides is 1. The Labute approximate surface area is 204 Å². The quantitative estimate of drug-likeness (QED) is 0.603. The van der Waals surface area contributed by atoms with E-state index in [9.17, 15) is 13.2 Å². The van der Waals surface area contributed by atoms with Gasteiger partial charge in [-0.15, -0.1) is 0 Å². The summed E-state index contributed by atoms with van der Waals surface area (Å²) in [4.78, 5) is 18.8. The Hall–Kier alpha value is -3.04. The molecule has 3 aliphatic rings. The van der Waals surface area contributed by atoms with Gasteiger partial charge in [-0.1, -0.05) is 6.92 Å². The molecule has 1 aromatic heterocycles. The van der Waals surface area contributed by atoms with Crippen molar-refractivity contribution in [2.24, 2.45) is 5.92 Å².